The Morgan fingerprint density at radius 3 is 2.36 bits per heavy atom. The molecular formula is C20H20O8. The van der Waals surface area contributed by atoms with Gasteiger partial charge in [0, 0.05) is 19.8 Å². The molecule has 2 bridgehead atoms. The predicted octanol–water partition coefficient (Wildman–Crippen LogP) is 1.32. The third-order valence-electron chi connectivity index (χ3n) is 4.84. The summed E-state index contributed by atoms with van der Waals surface area (Å²) in [6, 6.07) is 6.52. The van der Waals surface area contributed by atoms with Crippen molar-refractivity contribution in [3.8, 4) is 5.75 Å². The number of benzene rings is 1. The average molecular weight is 388 g/mol. The van der Waals surface area contributed by atoms with E-state index in [0.717, 1.165) is 0 Å². The summed E-state index contributed by atoms with van der Waals surface area (Å²) in [5.74, 6) is -3.13. The molecule has 28 heavy (non-hydrogen) atoms. The van der Waals surface area contributed by atoms with Crippen molar-refractivity contribution in [3.63, 3.8) is 0 Å². The highest BCUT2D eigenvalue weighted by atomic mass is 16.6. The number of esters is 3. The molecule has 2 aliphatic heterocycles. The third-order valence-corrected chi connectivity index (χ3v) is 4.84. The summed E-state index contributed by atoms with van der Waals surface area (Å²) in [4.78, 5) is 47.3. The summed E-state index contributed by atoms with van der Waals surface area (Å²) < 4.78 is 21.1. The Morgan fingerprint density at radius 2 is 1.79 bits per heavy atom. The largest absolute Gasteiger partial charge is 0.469 e. The normalized spacial score (nSPS) is 28.0. The lowest BCUT2D eigenvalue weighted by Gasteiger charge is -2.33. The van der Waals surface area contributed by atoms with Crippen molar-refractivity contribution in [3.05, 3.63) is 42.0 Å². The number of hydrogen-bond acceptors (Lipinski definition) is 8. The minimum Gasteiger partial charge on any atom is -0.469 e. The molecule has 0 radical (unpaired) electrons. The minimum atomic E-state index is -1.19. The maximum Gasteiger partial charge on any atom is 0.312 e. The van der Waals surface area contributed by atoms with Gasteiger partial charge in [0.15, 0.2) is 5.78 Å². The number of ether oxygens (including phenoxy) is 4. The number of fused-ring (bicyclic) bond motifs is 2. The molecule has 0 amide bonds. The first kappa shape index (κ1) is 19.8. The van der Waals surface area contributed by atoms with Gasteiger partial charge in [0.05, 0.1) is 7.11 Å². The lowest BCUT2D eigenvalue weighted by atomic mass is 9.76. The van der Waals surface area contributed by atoms with Crippen LogP contribution in [0.1, 0.15) is 25.3 Å². The van der Waals surface area contributed by atoms with Crippen molar-refractivity contribution >= 4 is 23.7 Å². The molecule has 1 saturated heterocycles. The topological polar surface area (TPSA) is 105 Å². The van der Waals surface area contributed by atoms with Gasteiger partial charge in [-0.1, -0.05) is 12.1 Å². The first-order valence-electron chi connectivity index (χ1n) is 8.68. The highest BCUT2D eigenvalue weighted by molar-refractivity contribution is 5.99. The van der Waals surface area contributed by atoms with Crippen molar-refractivity contribution in [1.29, 1.82) is 0 Å². The molecule has 8 nitrogen and oxygen atoms in total. The number of carbonyl (C=O) groups excluding carboxylic acids is 4. The van der Waals surface area contributed by atoms with Gasteiger partial charge in [0.2, 0.25) is 0 Å². The zero-order valence-electron chi connectivity index (χ0n) is 15.7. The van der Waals surface area contributed by atoms with Gasteiger partial charge >= 0.3 is 17.9 Å². The highest BCUT2D eigenvalue weighted by Crippen LogP contribution is 2.51. The van der Waals surface area contributed by atoms with Crippen molar-refractivity contribution in [1.82, 2.24) is 0 Å². The quantitative estimate of drug-likeness (QED) is 0.549. The lowest BCUT2D eigenvalue weighted by molar-refractivity contribution is -0.155. The molecule has 0 aliphatic carbocycles. The van der Waals surface area contributed by atoms with E-state index in [0.29, 0.717) is 11.3 Å². The summed E-state index contributed by atoms with van der Waals surface area (Å²) in [5, 5.41) is 0. The van der Waals surface area contributed by atoms with E-state index in [1.165, 1.54) is 33.1 Å². The summed E-state index contributed by atoms with van der Waals surface area (Å²) >= 11 is 0. The Hall–Kier alpha value is -3.00. The van der Waals surface area contributed by atoms with Crippen LogP contribution in [0.15, 0.2) is 36.4 Å². The first-order chi connectivity index (χ1) is 13.3. The van der Waals surface area contributed by atoms with Crippen molar-refractivity contribution in [2.75, 3.05) is 13.7 Å². The Labute approximate surface area is 161 Å². The molecule has 0 aromatic heterocycles. The molecule has 2 heterocycles. The second-order valence-corrected chi connectivity index (χ2v) is 6.70. The van der Waals surface area contributed by atoms with Crippen LogP contribution < -0.4 is 4.74 Å². The molecule has 1 fully saturated rings. The molecule has 1 aromatic rings. The molecular weight excluding hydrogens is 368 g/mol. The molecule has 0 spiro atoms. The van der Waals surface area contributed by atoms with Crippen LogP contribution in [0.2, 0.25) is 0 Å². The van der Waals surface area contributed by atoms with Crippen LogP contribution in [0.4, 0.5) is 0 Å². The minimum absolute atomic E-state index is 0.160. The fourth-order valence-corrected chi connectivity index (χ4v) is 3.74. The standard InChI is InChI=1S/C20H20O8/c1-11(21)26-10-20-9-8-15(23)18(28-20)16(19(24)25-3)17(20)13-4-6-14(7-5-13)27-12(2)22/h4-9,16-18H,10H2,1-3H3/t16-,17-,18+,20+/m1/s1. The van der Waals surface area contributed by atoms with E-state index in [-0.39, 0.29) is 12.4 Å². The molecule has 4 atom stereocenters. The highest BCUT2D eigenvalue weighted by Gasteiger charge is 2.61. The monoisotopic (exact) mass is 388 g/mol. The summed E-state index contributed by atoms with van der Waals surface area (Å²) in [5.41, 5.74) is -0.535. The van der Waals surface area contributed by atoms with Crippen LogP contribution in [0.25, 0.3) is 0 Å². The van der Waals surface area contributed by atoms with Gasteiger partial charge in [0.25, 0.3) is 0 Å². The van der Waals surface area contributed by atoms with Crippen LogP contribution in [0, 0.1) is 5.92 Å². The van der Waals surface area contributed by atoms with Crippen molar-refractivity contribution < 1.29 is 38.1 Å². The fraction of sp³-hybridized carbons (Fsp3) is 0.400. The Kier molecular flexibility index (Phi) is 5.33. The Balaban J connectivity index is 2.05. The van der Waals surface area contributed by atoms with Gasteiger partial charge in [-0.15, -0.1) is 0 Å². The van der Waals surface area contributed by atoms with Crippen LogP contribution in [0.5, 0.6) is 5.75 Å². The van der Waals surface area contributed by atoms with Crippen LogP contribution >= 0.6 is 0 Å². The second kappa shape index (κ2) is 7.55. The lowest BCUT2D eigenvalue weighted by Crippen LogP contribution is -2.41. The summed E-state index contributed by atoms with van der Waals surface area (Å²) in [6.07, 6.45) is 1.84. The fourth-order valence-electron chi connectivity index (χ4n) is 3.74. The Morgan fingerprint density at radius 1 is 1.11 bits per heavy atom. The SMILES string of the molecule is COC(=O)[C@@H]1[C@@H](c2ccc(OC(C)=O)cc2)[C@@]2(COC(C)=O)C=CC(=O)[C@@H]1O2. The zero-order chi connectivity index (χ0) is 20.5. The molecule has 1 aromatic carbocycles. The maximum absolute atomic E-state index is 12.5. The van der Waals surface area contributed by atoms with E-state index in [1.54, 1.807) is 24.3 Å². The van der Waals surface area contributed by atoms with Gasteiger partial charge in [-0.3, -0.25) is 19.2 Å². The van der Waals surface area contributed by atoms with Gasteiger partial charge in [-0.2, -0.15) is 0 Å². The number of ketones is 1. The molecule has 148 valence electrons. The van der Waals surface area contributed by atoms with E-state index >= 15 is 0 Å². The number of methoxy groups -OCH3 is 1. The van der Waals surface area contributed by atoms with E-state index < -0.39 is 41.4 Å². The van der Waals surface area contributed by atoms with Crippen molar-refractivity contribution in [2.24, 2.45) is 5.92 Å². The smallest absolute Gasteiger partial charge is 0.312 e. The number of rotatable bonds is 5. The van der Waals surface area contributed by atoms with E-state index in [9.17, 15) is 19.2 Å². The van der Waals surface area contributed by atoms with Gasteiger partial charge < -0.3 is 18.9 Å². The second-order valence-electron chi connectivity index (χ2n) is 6.70. The Bertz CT molecular complexity index is 840. The number of hydrogen-bond donors (Lipinski definition) is 0. The molecule has 3 rings (SSSR count). The number of carbonyl (C=O) groups is 4. The third kappa shape index (κ3) is 3.55. The summed E-state index contributed by atoms with van der Waals surface area (Å²) in [7, 11) is 1.24. The average Bonchev–Trinajstić information content (AvgIpc) is 2.94. The zero-order valence-corrected chi connectivity index (χ0v) is 15.7. The van der Waals surface area contributed by atoms with Crippen molar-refractivity contribution in [2.45, 2.75) is 31.5 Å². The van der Waals surface area contributed by atoms with Crippen LogP contribution in [0.3, 0.4) is 0 Å². The van der Waals surface area contributed by atoms with E-state index in [4.69, 9.17) is 18.9 Å². The van der Waals surface area contributed by atoms with Crippen LogP contribution in [-0.4, -0.2) is 49.1 Å². The van der Waals surface area contributed by atoms with Crippen LogP contribution in [-0.2, 0) is 33.4 Å². The molecule has 0 N–H and O–H groups in total. The predicted molar refractivity (Wildman–Crippen MR) is 94.4 cm³/mol. The van der Waals surface area contributed by atoms with E-state index in [2.05, 4.69) is 0 Å². The molecule has 0 saturated carbocycles. The summed E-state index contributed by atoms with van der Waals surface area (Å²) in [6.45, 7) is 2.40. The molecule has 2 aliphatic rings. The molecule has 8 heteroatoms. The molecule has 0 unspecified atom stereocenters. The maximum atomic E-state index is 12.5. The van der Waals surface area contributed by atoms with Gasteiger partial charge in [-0.25, -0.2) is 0 Å². The van der Waals surface area contributed by atoms with Gasteiger partial charge in [-0.05, 0) is 29.8 Å². The van der Waals surface area contributed by atoms with E-state index in [1.807, 2.05) is 0 Å². The van der Waals surface area contributed by atoms with Gasteiger partial charge in [0.1, 0.15) is 30.0 Å². The first-order valence-corrected chi connectivity index (χ1v) is 8.68.